The van der Waals surface area contributed by atoms with Gasteiger partial charge in [0.2, 0.25) is 0 Å². The van der Waals surface area contributed by atoms with Gasteiger partial charge in [-0.2, -0.15) is 13.2 Å². The van der Waals surface area contributed by atoms with Crippen molar-refractivity contribution >= 4 is 7.60 Å². The fourth-order valence-electron chi connectivity index (χ4n) is 1.14. The van der Waals surface area contributed by atoms with Crippen LogP contribution in [0.25, 0.3) is 0 Å². The number of rotatable bonds is 2. The van der Waals surface area contributed by atoms with Crippen LogP contribution >= 0.6 is 7.60 Å². The van der Waals surface area contributed by atoms with Gasteiger partial charge >= 0.3 is 6.18 Å². The van der Waals surface area contributed by atoms with E-state index in [1.807, 2.05) is 0 Å². The molecular weight excluding hydrogens is 232 g/mol. The summed E-state index contributed by atoms with van der Waals surface area (Å²) >= 11 is 0. The standard InChI is InChI=1S/C8H8F3O3P/c9-8(10,11)7-4-2-1-3-6(7)5-15(12,13)14/h1-4H,5H2,(H2,12,13,14)/p-2. The lowest BCUT2D eigenvalue weighted by atomic mass is 10.1. The summed E-state index contributed by atoms with van der Waals surface area (Å²) in [5, 5.41) is 0. The fourth-order valence-corrected chi connectivity index (χ4v) is 1.84. The Kier molecular flexibility index (Phi) is 3.23. The first kappa shape index (κ1) is 12.2. The van der Waals surface area contributed by atoms with E-state index in [0.29, 0.717) is 0 Å². The highest BCUT2D eigenvalue weighted by Gasteiger charge is 2.32. The minimum absolute atomic E-state index is 0.515. The highest BCUT2D eigenvalue weighted by Crippen LogP contribution is 2.37. The second kappa shape index (κ2) is 3.96. The molecule has 0 bridgehead atoms. The second-order valence-corrected chi connectivity index (χ2v) is 4.46. The fraction of sp³-hybridized carbons (Fsp3) is 0.250. The van der Waals surface area contributed by atoms with Crippen LogP contribution in [0.2, 0.25) is 0 Å². The van der Waals surface area contributed by atoms with Gasteiger partial charge in [0.1, 0.15) is 0 Å². The van der Waals surface area contributed by atoms with Crippen LogP contribution < -0.4 is 9.79 Å². The molecule has 0 N–H and O–H groups in total. The molecule has 15 heavy (non-hydrogen) atoms. The molecule has 0 aliphatic heterocycles. The minimum atomic E-state index is -4.98. The molecule has 0 aliphatic carbocycles. The van der Waals surface area contributed by atoms with Crippen molar-refractivity contribution in [2.75, 3.05) is 0 Å². The van der Waals surface area contributed by atoms with E-state index in [-0.39, 0.29) is 0 Å². The van der Waals surface area contributed by atoms with Gasteiger partial charge in [0.05, 0.1) is 5.56 Å². The Hall–Kier alpha value is -0.840. The van der Waals surface area contributed by atoms with Crippen molar-refractivity contribution in [3.05, 3.63) is 35.4 Å². The van der Waals surface area contributed by atoms with Crippen molar-refractivity contribution in [3.63, 3.8) is 0 Å². The predicted molar refractivity (Wildman–Crippen MR) is 42.8 cm³/mol. The molecule has 0 heterocycles. The maximum absolute atomic E-state index is 12.3. The molecule has 0 amide bonds. The normalized spacial score (nSPS) is 12.9. The van der Waals surface area contributed by atoms with E-state index in [1.165, 1.54) is 6.07 Å². The van der Waals surface area contributed by atoms with Gasteiger partial charge in [0.15, 0.2) is 0 Å². The molecule has 1 aromatic carbocycles. The van der Waals surface area contributed by atoms with E-state index in [1.54, 1.807) is 0 Å². The Morgan fingerprint density at radius 2 is 1.73 bits per heavy atom. The number of hydrogen-bond acceptors (Lipinski definition) is 3. The van der Waals surface area contributed by atoms with Crippen molar-refractivity contribution in [2.45, 2.75) is 12.3 Å². The zero-order valence-electron chi connectivity index (χ0n) is 7.32. The Bertz CT molecular complexity index is 396. The summed E-state index contributed by atoms with van der Waals surface area (Å²) in [5.74, 6) is 0. The molecule has 3 nitrogen and oxygen atoms in total. The van der Waals surface area contributed by atoms with Gasteiger partial charge in [-0.25, -0.2) is 0 Å². The van der Waals surface area contributed by atoms with Gasteiger partial charge in [-0.3, -0.25) is 0 Å². The zero-order valence-corrected chi connectivity index (χ0v) is 8.22. The molecule has 1 rings (SSSR count). The van der Waals surface area contributed by atoms with Crippen LogP contribution in [-0.2, 0) is 16.9 Å². The van der Waals surface area contributed by atoms with Gasteiger partial charge in [-0.1, -0.05) is 25.8 Å². The van der Waals surface area contributed by atoms with Crippen molar-refractivity contribution in [1.29, 1.82) is 0 Å². The maximum atomic E-state index is 12.3. The Balaban J connectivity index is 3.14. The number of hydrogen-bond donors (Lipinski definition) is 0. The molecule has 1 aromatic rings. The molecule has 0 saturated heterocycles. The Morgan fingerprint density at radius 1 is 1.20 bits per heavy atom. The van der Waals surface area contributed by atoms with Gasteiger partial charge in [0, 0.05) is 6.16 Å². The third-order valence-corrected chi connectivity index (χ3v) is 2.41. The quantitative estimate of drug-likeness (QED) is 0.725. The molecule has 84 valence electrons. The summed E-state index contributed by atoms with van der Waals surface area (Å²) in [5.41, 5.74) is -1.60. The van der Waals surface area contributed by atoms with E-state index in [2.05, 4.69) is 0 Å². The van der Waals surface area contributed by atoms with Crippen LogP contribution in [0.5, 0.6) is 0 Å². The smallest absolute Gasteiger partial charge is 0.416 e. The average Bonchev–Trinajstić information content (AvgIpc) is 1.99. The Labute approximate surface area is 83.7 Å². The largest absolute Gasteiger partial charge is 0.810 e. The average molecular weight is 238 g/mol. The lowest BCUT2D eigenvalue weighted by Gasteiger charge is -2.30. The lowest BCUT2D eigenvalue weighted by molar-refractivity contribution is -0.314. The molecule has 0 unspecified atom stereocenters. The molecule has 0 spiro atoms. The molecule has 0 aliphatic rings. The van der Waals surface area contributed by atoms with Crippen LogP contribution in [0.15, 0.2) is 24.3 Å². The topological polar surface area (TPSA) is 63.2 Å². The molecule has 0 aromatic heterocycles. The molecule has 0 fully saturated rings. The van der Waals surface area contributed by atoms with Gasteiger partial charge in [0.25, 0.3) is 0 Å². The SMILES string of the molecule is O=P([O-])([O-])Cc1ccccc1C(F)(F)F. The first-order valence-electron chi connectivity index (χ1n) is 3.86. The monoisotopic (exact) mass is 238 g/mol. The maximum Gasteiger partial charge on any atom is 0.416 e. The first-order valence-corrected chi connectivity index (χ1v) is 5.59. The zero-order chi connectivity index (χ0) is 11.7. The molecular formula is C8H6F3O3P-2. The van der Waals surface area contributed by atoms with E-state index in [0.717, 1.165) is 18.2 Å². The van der Waals surface area contributed by atoms with Gasteiger partial charge < -0.3 is 14.4 Å². The highest BCUT2D eigenvalue weighted by atomic mass is 31.2. The van der Waals surface area contributed by atoms with Gasteiger partial charge in [-0.05, 0) is 11.6 Å². The summed E-state index contributed by atoms with van der Waals surface area (Å²) in [6.07, 6.45) is -5.77. The number of benzene rings is 1. The summed E-state index contributed by atoms with van der Waals surface area (Å²) in [7, 11) is -4.98. The van der Waals surface area contributed by atoms with Crippen LogP contribution in [-0.4, -0.2) is 0 Å². The van der Waals surface area contributed by atoms with Crippen molar-refractivity contribution in [3.8, 4) is 0 Å². The van der Waals surface area contributed by atoms with Crippen LogP contribution in [0.3, 0.4) is 0 Å². The van der Waals surface area contributed by atoms with Crippen LogP contribution in [0.1, 0.15) is 11.1 Å². The van der Waals surface area contributed by atoms with E-state index < -0.39 is 31.1 Å². The third kappa shape index (κ3) is 3.66. The van der Waals surface area contributed by atoms with Gasteiger partial charge in [-0.15, -0.1) is 0 Å². The van der Waals surface area contributed by atoms with Crippen molar-refractivity contribution in [1.82, 2.24) is 0 Å². The molecule has 7 heteroatoms. The Morgan fingerprint density at radius 3 is 2.20 bits per heavy atom. The lowest BCUT2D eigenvalue weighted by Crippen LogP contribution is -2.18. The molecule has 0 atom stereocenters. The third-order valence-electron chi connectivity index (χ3n) is 1.69. The summed E-state index contributed by atoms with van der Waals surface area (Å²) in [6, 6.07) is 4.10. The second-order valence-electron chi connectivity index (χ2n) is 2.92. The van der Waals surface area contributed by atoms with Crippen LogP contribution in [0.4, 0.5) is 13.2 Å². The van der Waals surface area contributed by atoms with Crippen LogP contribution in [0, 0.1) is 0 Å². The summed E-state index contributed by atoms with van der Waals surface area (Å²) in [6.45, 7) is 0. The number of alkyl halides is 3. The van der Waals surface area contributed by atoms with E-state index >= 15 is 0 Å². The summed E-state index contributed by atoms with van der Waals surface area (Å²) in [4.78, 5) is 20.8. The van der Waals surface area contributed by atoms with E-state index in [9.17, 15) is 27.5 Å². The number of halogens is 3. The first-order chi connectivity index (χ1) is 6.70. The predicted octanol–water partition coefficient (Wildman–Crippen LogP) is 1.12. The highest BCUT2D eigenvalue weighted by molar-refractivity contribution is 7.47. The van der Waals surface area contributed by atoms with Crippen molar-refractivity contribution in [2.24, 2.45) is 0 Å². The molecule has 0 saturated carbocycles. The minimum Gasteiger partial charge on any atom is -0.810 e. The van der Waals surface area contributed by atoms with E-state index in [4.69, 9.17) is 0 Å². The molecule has 0 radical (unpaired) electrons. The van der Waals surface area contributed by atoms with Crippen molar-refractivity contribution < 1.29 is 27.5 Å². The summed E-state index contributed by atoms with van der Waals surface area (Å²) < 4.78 is 47.4.